The van der Waals surface area contributed by atoms with Gasteiger partial charge in [0.2, 0.25) is 0 Å². The number of carboxylic acids is 1. The summed E-state index contributed by atoms with van der Waals surface area (Å²) in [6, 6.07) is 0. The highest BCUT2D eigenvalue weighted by molar-refractivity contribution is 5.75. The molecule has 0 aliphatic rings. The minimum Gasteiger partial charge on any atom is -0.481 e. The molecule has 14 heavy (non-hydrogen) atoms. The van der Waals surface area contributed by atoms with Crippen LogP contribution in [0.1, 0.15) is 41.0 Å². The van der Waals surface area contributed by atoms with Crippen LogP contribution < -0.4 is 0 Å². The molecule has 1 N–H and O–H groups in total. The lowest BCUT2D eigenvalue weighted by Crippen LogP contribution is -2.46. The van der Waals surface area contributed by atoms with Crippen molar-refractivity contribution in [3.63, 3.8) is 0 Å². The van der Waals surface area contributed by atoms with Crippen molar-refractivity contribution in [2.45, 2.75) is 41.0 Å². The zero-order valence-electron chi connectivity index (χ0n) is 9.89. The van der Waals surface area contributed by atoms with E-state index in [0.29, 0.717) is 19.6 Å². The first kappa shape index (κ1) is 13.4. The summed E-state index contributed by atoms with van der Waals surface area (Å²) in [7, 11) is 0. The molecule has 1 unspecified atom stereocenters. The molecule has 0 aliphatic heterocycles. The number of hydrogen-bond acceptors (Lipinski definition) is 2. The van der Waals surface area contributed by atoms with Crippen LogP contribution in [-0.2, 0) is 9.53 Å². The van der Waals surface area contributed by atoms with Crippen molar-refractivity contribution in [2.24, 2.45) is 10.8 Å². The first-order valence-electron chi connectivity index (χ1n) is 5.13. The monoisotopic (exact) mass is 202 g/mol. The van der Waals surface area contributed by atoms with E-state index in [-0.39, 0.29) is 5.41 Å². The number of aliphatic carboxylic acids is 1. The van der Waals surface area contributed by atoms with Crippen molar-refractivity contribution in [2.75, 3.05) is 13.2 Å². The minimum absolute atomic E-state index is 0.289. The molecule has 0 aromatic rings. The summed E-state index contributed by atoms with van der Waals surface area (Å²) >= 11 is 0. The molecule has 1 atom stereocenters. The highest BCUT2D eigenvalue weighted by Gasteiger charge is 2.47. The van der Waals surface area contributed by atoms with Gasteiger partial charge in [-0.15, -0.1) is 0 Å². The van der Waals surface area contributed by atoms with Gasteiger partial charge in [0.05, 0.1) is 12.0 Å². The van der Waals surface area contributed by atoms with Crippen LogP contribution in [0.3, 0.4) is 0 Å². The van der Waals surface area contributed by atoms with Gasteiger partial charge in [0, 0.05) is 6.61 Å². The van der Waals surface area contributed by atoms with Crippen molar-refractivity contribution in [3.05, 3.63) is 0 Å². The van der Waals surface area contributed by atoms with E-state index in [1.807, 2.05) is 34.6 Å². The third kappa shape index (κ3) is 2.47. The molecule has 0 aliphatic carbocycles. The molecular formula is C11H22O3. The zero-order chi connectivity index (χ0) is 11.4. The van der Waals surface area contributed by atoms with Crippen LogP contribution in [-0.4, -0.2) is 24.3 Å². The summed E-state index contributed by atoms with van der Waals surface area (Å²) in [5, 5.41) is 9.31. The van der Waals surface area contributed by atoms with E-state index in [2.05, 4.69) is 0 Å². The van der Waals surface area contributed by atoms with Gasteiger partial charge in [-0.1, -0.05) is 27.7 Å². The first-order chi connectivity index (χ1) is 6.31. The number of carbonyl (C=O) groups is 1. The normalized spacial score (nSPS) is 16.4. The molecule has 0 rings (SSSR count). The smallest absolute Gasteiger partial charge is 0.312 e. The lowest BCUT2D eigenvalue weighted by atomic mass is 9.65. The van der Waals surface area contributed by atoms with Gasteiger partial charge < -0.3 is 9.84 Å². The molecule has 84 valence electrons. The Balaban J connectivity index is 4.90. The highest BCUT2D eigenvalue weighted by atomic mass is 16.5. The third-order valence-electron chi connectivity index (χ3n) is 3.00. The molecule has 0 amide bonds. The van der Waals surface area contributed by atoms with Gasteiger partial charge in [-0.3, -0.25) is 4.79 Å². The topological polar surface area (TPSA) is 46.5 Å². The summed E-state index contributed by atoms with van der Waals surface area (Å²) in [4.78, 5) is 11.3. The molecule has 0 heterocycles. The number of ether oxygens (including phenoxy) is 1. The van der Waals surface area contributed by atoms with E-state index in [9.17, 15) is 9.90 Å². The largest absolute Gasteiger partial charge is 0.481 e. The molecule has 0 spiro atoms. The van der Waals surface area contributed by atoms with Crippen LogP contribution in [0.2, 0.25) is 0 Å². The summed E-state index contributed by atoms with van der Waals surface area (Å²) in [6.07, 6.45) is 0.589. The van der Waals surface area contributed by atoms with Crippen LogP contribution in [0.15, 0.2) is 0 Å². The Bertz CT molecular complexity index is 193. The minimum atomic E-state index is -0.775. The van der Waals surface area contributed by atoms with Crippen molar-refractivity contribution >= 4 is 5.97 Å². The molecule has 0 saturated carbocycles. The second-order valence-electron chi connectivity index (χ2n) is 4.63. The van der Waals surface area contributed by atoms with Crippen LogP contribution in [0.5, 0.6) is 0 Å². The molecule has 0 aromatic carbocycles. The average molecular weight is 202 g/mol. The van der Waals surface area contributed by atoms with Gasteiger partial charge in [0.15, 0.2) is 0 Å². The van der Waals surface area contributed by atoms with Gasteiger partial charge in [-0.2, -0.15) is 0 Å². The molecule has 3 nitrogen and oxygen atoms in total. The molecule has 0 aromatic heterocycles. The lowest BCUT2D eigenvalue weighted by molar-refractivity contribution is -0.163. The lowest BCUT2D eigenvalue weighted by Gasteiger charge is -2.40. The third-order valence-corrected chi connectivity index (χ3v) is 3.00. The Morgan fingerprint density at radius 3 is 2.00 bits per heavy atom. The molecule has 0 bridgehead atoms. The maximum Gasteiger partial charge on any atom is 0.312 e. The average Bonchev–Trinajstić information content (AvgIpc) is 2.03. The van der Waals surface area contributed by atoms with E-state index in [1.54, 1.807) is 0 Å². The summed E-state index contributed by atoms with van der Waals surface area (Å²) in [6.45, 7) is 10.5. The maximum atomic E-state index is 11.3. The second-order valence-corrected chi connectivity index (χ2v) is 4.63. The number of carboxylic acid groups (broad SMARTS) is 1. The number of hydrogen-bond donors (Lipinski definition) is 1. The fraction of sp³-hybridized carbons (Fsp3) is 0.909. The standard InChI is InChI=1S/C11H22O3/c1-6-11(9(12)13,8-14-7-2)10(3,4)5/h6-8H2,1-5H3,(H,12,13). The molecule has 0 saturated heterocycles. The maximum absolute atomic E-state index is 11.3. The quantitative estimate of drug-likeness (QED) is 0.745. The molecule has 0 radical (unpaired) electrons. The first-order valence-corrected chi connectivity index (χ1v) is 5.13. The molecular weight excluding hydrogens is 180 g/mol. The fourth-order valence-corrected chi connectivity index (χ4v) is 1.66. The van der Waals surface area contributed by atoms with E-state index in [0.717, 1.165) is 0 Å². The van der Waals surface area contributed by atoms with E-state index in [4.69, 9.17) is 4.74 Å². The van der Waals surface area contributed by atoms with Crippen LogP contribution in [0.4, 0.5) is 0 Å². The van der Waals surface area contributed by atoms with Crippen LogP contribution >= 0.6 is 0 Å². The van der Waals surface area contributed by atoms with Gasteiger partial charge in [0.25, 0.3) is 0 Å². The van der Waals surface area contributed by atoms with Gasteiger partial charge >= 0.3 is 5.97 Å². The van der Waals surface area contributed by atoms with Gasteiger partial charge in [-0.05, 0) is 18.8 Å². The Labute approximate surface area is 86.5 Å². The van der Waals surface area contributed by atoms with E-state index >= 15 is 0 Å². The second kappa shape index (κ2) is 4.78. The summed E-state index contributed by atoms with van der Waals surface area (Å²) in [5.74, 6) is -0.763. The number of rotatable bonds is 5. The summed E-state index contributed by atoms with van der Waals surface area (Å²) in [5.41, 5.74) is -1.06. The van der Waals surface area contributed by atoms with Crippen molar-refractivity contribution in [3.8, 4) is 0 Å². The molecule has 0 fully saturated rings. The Hall–Kier alpha value is -0.570. The van der Waals surface area contributed by atoms with Crippen LogP contribution in [0.25, 0.3) is 0 Å². The zero-order valence-corrected chi connectivity index (χ0v) is 9.89. The fourth-order valence-electron chi connectivity index (χ4n) is 1.66. The van der Waals surface area contributed by atoms with Crippen LogP contribution in [0, 0.1) is 10.8 Å². The van der Waals surface area contributed by atoms with E-state index in [1.165, 1.54) is 0 Å². The van der Waals surface area contributed by atoms with E-state index < -0.39 is 11.4 Å². The SMILES string of the molecule is CCOCC(CC)(C(=O)O)C(C)(C)C. The predicted octanol–water partition coefficient (Wildman–Crippen LogP) is 2.55. The Morgan fingerprint density at radius 1 is 1.29 bits per heavy atom. The van der Waals surface area contributed by atoms with Gasteiger partial charge in [0.1, 0.15) is 0 Å². The van der Waals surface area contributed by atoms with Crippen molar-refractivity contribution in [1.82, 2.24) is 0 Å². The molecule has 3 heteroatoms. The van der Waals surface area contributed by atoms with Crippen molar-refractivity contribution in [1.29, 1.82) is 0 Å². The van der Waals surface area contributed by atoms with Crippen molar-refractivity contribution < 1.29 is 14.6 Å². The predicted molar refractivity (Wildman–Crippen MR) is 56.3 cm³/mol. The Morgan fingerprint density at radius 2 is 1.79 bits per heavy atom. The van der Waals surface area contributed by atoms with Gasteiger partial charge in [-0.25, -0.2) is 0 Å². The summed E-state index contributed by atoms with van der Waals surface area (Å²) < 4.78 is 5.30. The highest BCUT2D eigenvalue weighted by Crippen LogP contribution is 2.42. The Kier molecular flexibility index (Phi) is 4.59.